The Hall–Kier alpha value is -2.57. The van der Waals surface area contributed by atoms with E-state index in [1.807, 2.05) is 0 Å². The zero-order valence-electron chi connectivity index (χ0n) is 14.2. The van der Waals surface area contributed by atoms with Gasteiger partial charge in [-0.15, -0.1) is 0 Å². The van der Waals surface area contributed by atoms with E-state index in [1.165, 1.54) is 7.05 Å². The first-order valence-electron chi connectivity index (χ1n) is 8.00. The Balaban J connectivity index is 2.07. The lowest BCUT2D eigenvalue weighted by Crippen LogP contribution is -2.29. The number of anilines is 1. The van der Waals surface area contributed by atoms with E-state index in [2.05, 4.69) is 16.0 Å². The molecule has 0 saturated heterocycles. The zero-order valence-corrected chi connectivity index (χ0v) is 14.2. The van der Waals surface area contributed by atoms with Crippen molar-refractivity contribution >= 4 is 23.4 Å². The molecule has 3 amide bonds. The summed E-state index contributed by atoms with van der Waals surface area (Å²) in [5, 5.41) is 7.82. The van der Waals surface area contributed by atoms with Crippen molar-refractivity contribution in [2.75, 3.05) is 26.0 Å². The average Bonchev–Trinajstić information content (AvgIpc) is 2.60. The van der Waals surface area contributed by atoms with E-state index in [4.69, 9.17) is 4.74 Å². The van der Waals surface area contributed by atoms with Gasteiger partial charge in [-0.05, 0) is 37.1 Å². The Morgan fingerprint density at radius 2 is 1.67 bits per heavy atom. The number of hydrogen-bond donors (Lipinski definition) is 3. The van der Waals surface area contributed by atoms with E-state index < -0.39 is 5.91 Å². The minimum absolute atomic E-state index is 0.255. The molecule has 0 unspecified atom stereocenters. The third kappa shape index (κ3) is 7.62. The van der Waals surface area contributed by atoms with Crippen molar-refractivity contribution in [3.05, 3.63) is 24.3 Å². The fourth-order valence-corrected chi connectivity index (χ4v) is 2.07. The largest absolute Gasteiger partial charge is 0.497 e. The van der Waals surface area contributed by atoms with Crippen LogP contribution in [0.5, 0.6) is 5.75 Å². The second kappa shape index (κ2) is 11.0. The number of Topliss-reactive ketones (excluding diaryl/α,β-unsaturated/α-hetero) is 1. The highest BCUT2D eigenvalue weighted by molar-refractivity contribution is 6.36. The molecular formula is C17H25N3O4. The highest BCUT2D eigenvalue weighted by atomic mass is 16.5. The molecule has 0 bridgehead atoms. The molecule has 0 saturated carbocycles. The fourth-order valence-electron chi connectivity index (χ4n) is 2.07. The summed E-state index contributed by atoms with van der Waals surface area (Å²) in [6, 6.07) is 6.82. The van der Waals surface area contributed by atoms with Crippen LogP contribution in [0, 0.1) is 0 Å². The standard InChI is InChI=1S/C17H25N3O4/c1-18-16(22)15(21)7-5-3-4-6-12-19-17(23)20-13-8-10-14(24-2)11-9-13/h8-11H,3-7,12H2,1-2H3,(H,18,22)(H2,19,20,23). The summed E-state index contributed by atoms with van der Waals surface area (Å²) < 4.78 is 5.05. The summed E-state index contributed by atoms with van der Waals surface area (Å²) in [4.78, 5) is 34.0. The second-order valence-electron chi connectivity index (χ2n) is 5.28. The number of amides is 3. The molecule has 3 N–H and O–H groups in total. The first kappa shape index (κ1) is 19.5. The Labute approximate surface area is 142 Å². The van der Waals surface area contributed by atoms with Crippen molar-refractivity contribution in [1.29, 1.82) is 0 Å². The van der Waals surface area contributed by atoms with Crippen molar-refractivity contribution in [2.45, 2.75) is 32.1 Å². The molecule has 0 atom stereocenters. The van der Waals surface area contributed by atoms with Gasteiger partial charge < -0.3 is 20.7 Å². The monoisotopic (exact) mass is 335 g/mol. The Morgan fingerprint density at radius 3 is 2.29 bits per heavy atom. The topological polar surface area (TPSA) is 96.5 Å². The number of methoxy groups -OCH3 is 1. The number of ketones is 1. The molecule has 1 rings (SSSR count). The van der Waals surface area contributed by atoms with Crippen LogP contribution in [0.3, 0.4) is 0 Å². The molecule has 0 aromatic heterocycles. The molecule has 0 aliphatic heterocycles. The van der Waals surface area contributed by atoms with E-state index >= 15 is 0 Å². The van der Waals surface area contributed by atoms with Gasteiger partial charge in [0, 0.05) is 25.7 Å². The second-order valence-corrected chi connectivity index (χ2v) is 5.28. The number of unbranched alkanes of at least 4 members (excludes halogenated alkanes) is 3. The summed E-state index contributed by atoms with van der Waals surface area (Å²) in [7, 11) is 3.03. The molecule has 0 aliphatic carbocycles. The molecule has 7 nitrogen and oxygen atoms in total. The van der Waals surface area contributed by atoms with Gasteiger partial charge in [0.05, 0.1) is 7.11 Å². The molecule has 7 heteroatoms. The number of carbonyl (C=O) groups is 3. The van der Waals surface area contributed by atoms with Crippen molar-refractivity contribution in [2.24, 2.45) is 0 Å². The van der Waals surface area contributed by atoms with Crippen LogP contribution in [0.4, 0.5) is 10.5 Å². The Kier molecular flexibility index (Phi) is 8.96. The van der Waals surface area contributed by atoms with Gasteiger partial charge in [-0.2, -0.15) is 0 Å². The SMILES string of the molecule is CNC(=O)C(=O)CCCCCCNC(=O)Nc1ccc(OC)cc1. The summed E-state index contributed by atoms with van der Waals surface area (Å²) in [5.41, 5.74) is 0.695. The third-order valence-corrected chi connectivity index (χ3v) is 3.44. The summed E-state index contributed by atoms with van der Waals surface area (Å²) >= 11 is 0. The van der Waals surface area contributed by atoms with Gasteiger partial charge in [0.2, 0.25) is 5.78 Å². The molecule has 0 spiro atoms. The molecule has 0 fully saturated rings. The Bertz CT molecular complexity index is 543. The van der Waals surface area contributed by atoms with E-state index in [-0.39, 0.29) is 18.2 Å². The van der Waals surface area contributed by atoms with Crippen LogP contribution in [0.1, 0.15) is 32.1 Å². The van der Waals surface area contributed by atoms with E-state index in [9.17, 15) is 14.4 Å². The van der Waals surface area contributed by atoms with Crippen LogP contribution in [0.25, 0.3) is 0 Å². The van der Waals surface area contributed by atoms with Crippen LogP contribution in [-0.2, 0) is 9.59 Å². The molecule has 24 heavy (non-hydrogen) atoms. The number of likely N-dealkylation sites (N-methyl/N-ethyl adjacent to an activating group) is 1. The van der Waals surface area contributed by atoms with Gasteiger partial charge in [0.25, 0.3) is 5.91 Å². The van der Waals surface area contributed by atoms with Crippen LogP contribution < -0.4 is 20.7 Å². The predicted molar refractivity (Wildman–Crippen MR) is 92.2 cm³/mol. The highest BCUT2D eigenvalue weighted by Gasteiger charge is 2.10. The molecule has 0 aliphatic rings. The lowest BCUT2D eigenvalue weighted by Gasteiger charge is -2.08. The molecule has 1 aromatic rings. The van der Waals surface area contributed by atoms with Gasteiger partial charge >= 0.3 is 6.03 Å². The zero-order chi connectivity index (χ0) is 17.8. The molecule has 132 valence electrons. The van der Waals surface area contributed by atoms with Gasteiger partial charge in [0.15, 0.2) is 0 Å². The van der Waals surface area contributed by atoms with E-state index in [0.29, 0.717) is 18.7 Å². The summed E-state index contributed by atoms with van der Waals surface area (Å²) in [6.07, 6.45) is 3.52. The predicted octanol–water partition coefficient (Wildman–Crippen LogP) is 2.08. The molecular weight excluding hydrogens is 310 g/mol. The molecule has 1 aromatic carbocycles. The molecule has 0 radical (unpaired) electrons. The lowest BCUT2D eigenvalue weighted by molar-refractivity contribution is -0.137. The number of rotatable bonds is 10. The minimum atomic E-state index is -0.535. The van der Waals surface area contributed by atoms with Crippen LogP contribution in [-0.4, -0.2) is 38.4 Å². The number of nitrogens with one attached hydrogen (secondary N) is 3. The first-order valence-corrected chi connectivity index (χ1v) is 8.00. The van der Waals surface area contributed by atoms with E-state index in [1.54, 1.807) is 31.4 Å². The summed E-state index contributed by atoms with van der Waals surface area (Å²) in [5.74, 6) is -0.183. The lowest BCUT2D eigenvalue weighted by atomic mass is 10.1. The molecule has 0 heterocycles. The van der Waals surface area contributed by atoms with E-state index in [0.717, 1.165) is 25.0 Å². The quantitative estimate of drug-likeness (QED) is 0.450. The van der Waals surface area contributed by atoms with Crippen molar-refractivity contribution in [3.8, 4) is 5.75 Å². The van der Waals surface area contributed by atoms with Crippen LogP contribution >= 0.6 is 0 Å². The van der Waals surface area contributed by atoms with Crippen LogP contribution in [0.2, 0.25) is 0 Å². The first-order chi connectivity index (χ1) is 11.6. The Morgan fingerprint density at radius 1 is 1.00 bits per heavy atom. The van der Waals surface area contributed by atoms with Gasteiger partial charge in [-0.1, -0.05) is 12.8 Å². The fraction of sp³-hybridized carbons (Fsp3) is 0.471. The van der Waals surface area contributed by atoms with Crippen molar-refractivity contribution in [3.63, 3.8) is 0 Å². The number of hydrogen-bond acceptors (Lipinski definition) is 4. The van der Waals surface area contributed by atoms with Crippen molar-refractivity contribution in [1.82, 2.24) is 10.6 Å². The smallest absolute Gasteiger partial charge is 0.319 e. The average molecular weight is 335 g/mol. The number of urea groups is 1. The van der Waals surface area contributed by atoms with Crippen LogP contribution in [0.15, 0.2) is 24.3 Å². The van der Waals surface area contributed by atoms with Gasteiger partial charge in [-0.25, -0.2) is 4.79 Å². The maximum absolute atomic E-state index is 11.7. The maximum Gasteiger partial charge on any atom is 0.319 e. The maximum atomic E-state index is 11.7. The van der Waals surface area contributed by atoms with Crippen molar-refractivity contribution < 1.29 is 19.1 Å². The van der Waals surface area contributed by atoms with Gasteiger partial charge in [0.1, 0.15) is 5.75 Å². The minimum Gasteiger partial charge on any atom is -0.497 e. The normalized spacial score (nSPS) is 9.92. The number of carbonyl (C=O) groups excluding carboxylic acids is 3. The highest BCUT2D eigenvalue weighted by Crippen LogP contribution is 2.14. The summed E-state index contributed by atoms with van der Waals surface area (Å²) in [6.45, 7) is 0.561. The number of benzene rings is 1. The number of ether oxygens (including phenoxy) is 1. The van der Waals surface area contributed by atoms with Gasteiger partial charge in [-0.3, -0.25) is 9.59 Å². The third-order valence-electron chi connectivity index (χ3n) is 3.44.